The summed E-state index contributed by atoms with van der Waals surface area (Å²) in [5, 5.41) is 0.307. The third-order valence-corrected chi connectivity index (χ3v) is 8.71. The highest BCUT2D eigenvalue weighted by atomic mass is 31.2. The van der Waals surface area contributed by atoms with Gasteiger partial charge in [-0.25, -0.2) is 0 Å². The van der Waals surface area contributed by atoms with Gasteiger partial charge in [0.1, 0.15) is 5.03 Å². The minimum absolute atomic E-state index is 0.307. The molecule has 1 aromatic carbocycles. The normalized spacial score (nSPS) is 12.4. The van der Waals surface area contributed by atoms with Gasteiger partial charge in [-0.2, -0.15) is 0 Å². The Kier molecular flexibility index (Phi) is 8.73. The zero-order valence-corrected chi connectivity index (χ0v) is 16.1. The van der Waals surface area contributed by atoms with Crippen LogP contribution in [0.4, 0.5) is 0 Å². The molecule has 0 amide bonds. The van der Waals surface area contributed by atoms with Crippen molar-refractivity contribution in [2.75, 3.05) is 34.0 Å². The van der Waals surface area contributed by atoms with Crippen LogP contribution in [0.2, 0.25) is 0 Å². The van der Waals surface area contributed by atoms with E-state index in [1.165, 1.54) is 14.2 Å². The predicted octanol–water partition coefficient (Wildman–Crippen LogP) is 4.52. The van der Waals surface area contributed by atoms with Crippen LogP contribution in [0, 0.1) is 0 Å². The number of hydrogen-bond donors (Lipinski definition) is 0. The average Bonchev–Trinajstić information content (AvgIpc) is 2.56. The minimum Gasteiger partial charge on any atom is -0.317 e. The molecular weight excluding hydrogens is 338 g/mol. The fourth-order valence-corrected chi connectivity index (χ4v) is 7.35. The lowest BCUT2D eigenvalue weighted by Gasteiger charge is -2.30. The second-order valence-corrected chi connectivity index (χ2v) is 9.05. The third-order valence-electron chi connectivity index (χ3n) is 2.93. The molecule has 0 aliphatic rings. The molecule has 0 aromatic heterocycles. The van der Waals surface area contributed by atoms with Gasteiger partial charge in [0.25, 0.3) is 7.57 Å². The molecule has 8 heteroatoms. The molecule has 1 rings (SSSR count). The largest absolute Gasteiger partial charge is 0.368 e. The molecule has 0 unspecified atom stereocenters. The molecule has 0 heterocycles. The van der Waals surface area contributed by atoms with Crippen LogP contribution >= 0.6 is 15.2 Å². The van der Waals surface area contributed by atoms with E-state index in [4.69, 9.17) is 22.6 Å². The van der Waals surface area contributed by atoms with Crippen molar-refractivity contribution in [1.29, 1.82) is 0 Å². The zero-order chi connectivity index (χ0) is 17.3. The first-order chi connectivity index (χ1) is 11.0. The Morgan fingerprint density at radius 2 is 1.30 bits per heavy atom. The van der Waals surface area contributed by atoms with Gasteiger partial charge in [-0.05, 0) is 26.3 Å². The maximum absolute atomic E-state index is 13.2. The zero-order valence-electron chi connectivity index (χ0n) is 14.4. The second kappa shape index (κ2) is 9.75. The highest BCUT2D eigenvalue weighted by molar-refractivity contribution is 7.89. The van der Waals surface area contributed by atoms with Crippen molar-refractivity contribution in [3.05, 3.63) is 35.9 Å². The Morgan fingerprint density at radius 1 is 0.870 bits per heavy atom. The summed E-state index contributed by atoms with van der Waals surface area (Å²) in [6.45, 7) is 6.53. The van der Waals surface area contributed by atoms with Crippen molar-refractivity contribution in [3.8, 4) is 0 Å². The van der Waals surface area contributed by atoms with Crippen molar-refractivity contribution in [2.45, 2.75) is 20.8 Å². The maximum atomic E-state index is 13.2. The molecule has 23 heavy (non-hydrogen) atoms. The van der Waals surface area contributed by atoms with Gasteiger partial charge in [0.05, 0.1) is 19.8 Å². The SMILES string of the molecule is CCOP(OCC)(OCC)=C(c1ccccc1)P(=O)(OC)OC. The Hall–Kier alpha value is -0.450. The van der Waals surface area contributed by atoms with E-state index < -0.39 is 15.2 Å². The summed E-state index contributed by atoms with van der Waals surface area (Å²) in [6, 6.07) is 9.17. The number of hydrogen-bond acceptors (Lipinski definition) is 6. The van der Waals surface area contributed by atoms with E-state index in [0.717, 1.165) is 0 Å². The van der Waals surface area contributed by atoms with E-state index >= 15 is 0 Å². The molecule has 0 spiro atoms. The van der Waals surface area contributed by atoms with Crippen LogP contribution in [0.15, 0.2) is 30.3 Å². The molecule has 0 aliphatic heterocycles. The van der Waals surface area contributed by atoms with Crippen molar-refractivity contribution in [3.63, 3.8) is 0 Å². The van der Waals surface area contributed by atoms with Crippen molar-refractivity contribution >= 4 is 20.2 Å². The highest BCUT2D eigenvalue weighted by Crippen LogP contribution is 2.65. The predicted molar refractivity (Wildman–Crippen MR) is 94.0 cm³/mol. The quantitative estimate of drug-likeness (QED) is 0.569. The molecule has 0 radical (unpaired) electrons. The summed E-state index contributed by atoms with van der Waals surface area (Å²) in [4.78, 5) is 0. The average molecular weight is 364 g/mol. The topological polar surface area (TPSA) is 63.2 Å². The van der Waals surface area contributed by atoms with Crippen LogP contribution in [0.3, 0.4) is 0 Å². The van der Waals surface area contributed by atoms with Gasteiger partial charge in [0.2, 0.25) is 0 Å². The molecule has 0 N–H and O–H groups in total. The van der Waals surface area contributed by atoms with Gasteiger partial charge >= 0.3 is 7.60 Å². The first-order valence-electron chi connectivity index (χ1n) is 7.51. The number of benzene rings is 1. The Labute approximate surface area is 138 Å². The Balaban J connectivity index is 3.82. The Morgan fingerprint density at radius 3 is 1.65 bits per heavy atom. The van der Waals surface area contributed by atoms with Crippen LogP contribution < -0.4 is 0 Å². The standard InChI is InChI=1S/C15H26O6P2/c1-6-19-23(20-7-2,21-8-3)15(22(16,17-4)18-5)14-12-10-9-11-13-14/h9-13H,6-8H2,1-5H3. The van der Waals surface area contributed by atoms with E-state index in [0.29, 0.717) is 30.4 Å². The summed E-state index contributed by atoms with van der Waals surface area (Å²) < 4.78 is 41.3. The van der Waals surface area contributed by atoms with Crippen molar-refractivity contribution in [1.82, 2.24) is 0 Å². The summed E-state index contributed by atoms with van der Waals surface area (Å²) >= 11 is 0. The molecule has 1 aromatic rings. The lowest BCUT2D eigenvalue weighted by molar-refractivity contribution is 0.170. The molecule has 6 nitrogen and oxygen atoms in total. The van der Waals surface area contributed by atoms with E-state index in [9.17, 15) is 4.57 Å². The van der Waals surface area contributed by atoms with Crippen LogP contribution in [0.25, 0.3) is 0 Å². The smallest absolute Gasteiger partial charge is 0.317 e. The molecule has 0 fully saturated rings. The molecule has 0 bridgehead atoms. The van der Waals surface area contributed by atoms with E-state index in [1.54, 1.807) is 0 Å². The summed E-state index contributed by atoms with van der Waals surface area (Å²) in [6.07, 6.45) is 0. The van der Waals surface area contributed by atoms with Crippen LogP contribution in [0.5, 0.6) is 0 Å². The second-order valence-electron chi connectivity index (χ2n) is 4.30. The summed E-state index contributed by atoms with van der Waals surface area (Å²) in [7, 11) is -4.03. The van der Waals surface area contributed by atoms with E-state index in [2.05, 4.69) is 0 Å². The fourth-order valence-electron chi connectivity index (χ4n) is 2.11. The fraction of sp³-hybridized carbons (Fsp3) is 0.533. The van der Waals surface area contributed by atoms with E-state index in [1.807, 2.05) is 51.1 Å². The first-order valence-corrected chi connectivity index (χ1v) is 10.6. The molecular formula is C15H26O6P2. The third kappa shape index (κ3) is 4.77. The molecule has 132 valence electrons. The van der Waals surface area contributed by atoms with Crippen molar-refractivity contribution in [2.24, 2.45) is 0 Å². The highest BCUT2D eigenvalue weighted by Gasteiger charge is 2.41. The number of rotatable bonds is 10. The van der Waals surface area contributed by atoms with Gasteiger partial charge < -0.3 is 22.6 Å². The van der Waals surface area contributed by atoms with Gasteiger partial charge in [0.15, 0.2) is 0 Å². The van der Waals surface area contributed by atoms with Crippen LogP contribution in [0.1, 0.15) is 26.3 Å². The Bertz CT molecular complexity index is 541. The molecule has 0 atom stereocenters. The maximum Gasteiger partial charge on any atom is 0.368 e. The van der Waals surface area contributed by atoms with Crippen LogP contribution in [-0.4, -0.2) is 39.1 Å². The lowest BCUT2D eigenvalue weighted by Crippen LogP contribution is -2.14. The van der Waals surface area contributed by atoms with Gasteiger partial charge in [-0.3, -0.25) is 4.57 Å². The van der Waals surface area contributed by atoms with Gasteiger partial charge in [-0.15, -0.1) is 0 Å². The van der Waals surface area contributed by atoms with E-state index in [-0.39, 0.29) is 0 Å². The molecule has 0 saturated carbocycles. The van der Waals surface area contributed by atoms with Crippen molar-refractivity contribution < 1.29 is 27.2 Å². The lowest BCUT2D eigenvalue weighted by atomic mass is 10.2. The summed E-state index contributed by atoms with van der Waals surface area (Å²) in [5.74, 6) is 0. The first kappa shape index (κ1) is 20.6. The van der Waals surface area contributed by atoms with Gasteiger partial charge in [-0.1, -0.05) is 30.3 Å². The summed E-state index contributed by atoms with van der Waals surface area (Å²) in [5.41, 5.74) is 0.656. The monoisotopic (exact) mass is 364 g/mol. The molecule has 0 aliphatic carbocycles. The minimum atomic E-state index is -3.63. The molecule has 0 saturated heterocycles. The van der Waals surface area contributed by atoms with Crippen LogP contribution in [-0.2, 0) is 27.2 Å². The van der Waals surface area contributed by atoms with Gasteiger partial charge in [0, 0.05) is 14.2 Å².